The molecule has 0 bridgehead atoms. The van der Waals surface area contributed by atoms with Crippen molar-refractivity contribution in [2.24, 2.45) is 0 Å². The second kappa shape index (κ2) is 8.28. The van der Waals surface area contributed by atoms with Gasteiger partial charge >= 0.3 is 0 Å². The van der Waals surface area contributed by atoms with Gasteiger partial charge in [-0.25, -0.2) is 17.5 Å². The third-order valence-electron chi connectivity index (χ3n) is 4.60. The first-order valence-electron chi connectivity index (χ1n) is 9.78. The first-order valence-corrected chi connectivity index (χ1v) is 11.3. The van der Waals surface area contributed by atoms with Gasteiger partial charge in [-0.2, -0.15) is 0 Å². The predicted octanol–water partition coefficient (Wildman–Crippen LogP) is 4.56. The Bertz CT molecular complexity index is 1220. The topological polar surface area (TPSA) is 80.2 Å². The molecule has 6 nitrogen and oxygen atoms in total. The van der Waals surface area contributed by atoms with Gasteiger partial charge in [0.05, 0.1) is 10.5 Å². The van der Waals surface area contributed by atoms with E-state index in [1.807, 2.05) is 11.5 Å². The maximum Gasteiger partial charge on any atom is 0.257 e. The number of hydrogen-bond donors (Lipinski definition) is 2. The zero-order chi connectivity index (χ0) is 23.0. The highest BCUT2D eigenvalue weighted by Gasteiger charge is 2.23. The molecule has 0 unspecified atom stereocenters. The summed E-state index contributed by atoms with van der Waals surface area (Å²) in [6.07, 6.45) is 0. The number of carbonyl (C=O) groups is 1. The quantitative estimate of drug-likeness (QED) is 0.607. The zero-order valence-corrected chi connectivity index (χ0v) is 19.0. The van der Waals surface area contributed by atoms with Crippen LogP contribution in [-0.4, -0.2) is 24.4 Å². The molecule has 0 spiro atoms. The number of amides is 1. The Kier molecular flexibility index (Phi) is 6.07. The molecule has 8 heteroatoms. The maximum absolute atomic E-state index is 13.3. The van der Waals surface area contributed by atoms with Crippen LogP contribution >= 0.6 is 0 Å². The summed E-state index contributed by atoms with van der Waals surface area (Å²) in [5.74, 6) is -0.695. The molecule has 1 amide bonds. The van der Waals surface area contributed by atoms with Crippen LogP contribution in [0.15, 0.2) is 59.5 Å². The monoisotopic (exact) mass is 443 g/mol. The van der Waals surface area contributed by atoms with Crippen molar-refractivity contribution in [3.8, 4) is 5.69 Å². The number of nitrogens with zero attached hydrogens (tertiary/aromatic N) is 1. The largest absolute Gasteiger partial charge is 0.322 e. The summed E-state index contributed by atoms with van der Waals surface area (Å²) in [5.41, 5.74) is 2.45. The van der Waals surface area contributed by atoms with Gasteiger partial charge < -0.3 is 9.88 Å². The number of rotatable bonds is 5. The Morgan fingerprint density at radius 1 is 1.00 bits per heavy atom. The van der Waals surface area contributed by atoms with Crippen molar-refractivity contribution in [3.05, 3.63) is 77.4 Å². The summed E-state index contributed by atoms with van der Waals surface area (Å²) < 4.78 is 42.9. The number of halogens is 1. The Morgan fingerprint density at radius 3 is 2.26 bits per heavy atom. The Labute approximate surface area is 182 Å². The van der Waals surface area contributed by atoms with E-state index in [1.54, 1.807) is 58.0 Å². The van der Waals surface area contributed by atoms with E-state index in [0.29, 0.717) is 16.9 Å². The molecule has 164 valence electrons. The van der Waals surface area contributed by atoms with E-state index in [2.05, 4.69) is 10.0 Å². The minimum absolute atomic E-state index is 0.0667. The van der Waals surface area contributed by atoms with E-state index in [4.69, 9.17) is 0 Å². The fraction of sp³-hybridized carbons (Fsp3) is 0.261. The number of nitrogens with one attached hydrogen (secondary N) is 2. The Hall–Kier alpha value is -2.97. The summed E-state index contributed by atoms with van der Waals surface area (Å²) in [7, 11) is -3.73. The molecular formula is C23H26FN3O3S. The van der Waals surface area contributed by atoms with Crippen LogP contribution in [0.2, 0.25) is 0 Å². The molecule has 3 rings (SSSR count). The average Bonchev–Trinajstić information content (AvgIpc) is 2.95. The lowest BCUT2D eigenvalue weighted by molar-refractivity contribution is 0.102. The second-order valence-electron chi connectivity index (χ2n) is 8.43. The van der Waals surface area contributed by atoms with Gasteiger partial charge in [0.15, 0.2) is 0 Å². The number of sulfonamides is 1. The van der Waals surface area contributed by atoms with Crippen molar-refractivity contribution in [3.63, 3.8) is 0 Å². The van der Waals surface area contributed by atoms with E-state index < -0.39 is 15.6 Å². The van der Waals surface area contributed by atoms with Crippen LogP contribution in [0.3, 0.4) is 0 Å². The molecule has 2 aromatic carbocycles. The minimum Gasteiger partial charge on any atom is -0.322 e. The van der Waals surface area contributed by atoms with Crippen LogP contribution in [0.4, 0.5) is 10.1 Å². The molecule has 0 aliphatic rings. The van der Waals surface area contributed by atoms with Gasteiger partial charge in [0, 0.05) is 28.3 Å². The summed E-state index contributed by atoms with van der Waals surface area (Å²) >= 11 is 0. The van der Waals surface area contributed by atoms with Crippen molar-refractivity contribution < 1.29 is 17.6 Å². The SMILES string of the molecule is Cc1cc(C(=O)Nc2cccc(S(=O)(=O)NC(C)(C)C)c2)c(C)n1-c1ccc(F)cc1. The maximum atomic E-state index is 13.3. The third-order valence-corrected chi connectivity index (χ3v) is 6.36. The van der Waals surface area contributed by atoms with Crippen molar-refractivity contribution in [2.75, 3.05) is 5.32 Å². The first kappa shape index (κ1) is 22.7. The van der Waals surface area contributed by atoms with Crippen LogP contribution in [0, 0.1) is 19.7 Å². The first-order chi connectivity index (χ1) is 14.4. The van der Waals surface area contributed by atoms with Crippen molar-refractivity contribution in [1.82, 2.24) is 9.29 Å². The molecule has 0 atom stereocenters. The van der Waals surface area contributed by atoms with E-state index in [-0.39, 0.29) is 16.6 Å². The molecule has 0 radical (unpaired) electrons. The fourth-order valence-electron chi connectivity index (χ4n) is 3.38. The lowest BCUT2D eigenvalue weighted by Gasteiger charge is -2.20. The predicted molar refractivity (Wildman–Crippen MR) is 120 cm³/mol. The van der Waals surface area contributed by atoms with E-state index >= 15 is 0 Å². The third kappa shape index (κ3) is 5.21. The summed E-state index contributed by atoms with van der Waals surface area (Å²) in [6, 6.07) is 13.9. The highest BCUT2D eigenvalue weighted by molar-refractivity contribution is 7.89. The number of benzene rings is 2. The Morgan fingerprint density at radius 2 is 1.65 bits per heavy atom. The summed E-state index contributed by atoms with van der Waals surface area (Å²) in [5, 5.41) is 2.77. The number of hydrogen-bond acceptors (Lipinski definition) is 3. The number of carbonyl (C=O) groups excluding carboxylic acids is 1. The van der Waals surface area contributed by atoms with Crippen LogP contribution < -0.4 is 10.0 Å². The van der Waals surface area contributed by atoms with Gasteiger partial charge in [-0.3, -0.25) is 4.79 Å². The van der Waals surface area contributed by atoms with E-state index in [9.17, 15) is 17.6 Å². The van der Waals surface area contributed by atoms with Crippen LogP contribution in [0.1, 0.15) is 42.5 Å². The van der Waals surface area contributed by atoms with Gasteiger partial charge in [0.2, 0.25) is 10.0 Å². The molecule has 1 aromatic heterocycles. The standard InChI is InChI=1S/C23H26FN3O3S/c1-15-13-21(16(2)27(15)19-11-9-17(24)10-12-19)22(28)25-18-7-6-8-20(14-18)31(29,30)26-23(3,4)5/h6-14,26H,1-5H3,(H,25,28). The summed E-state index contributed by atoms with van der Waals surface area (Å²) in [6.45, 7) is 8.94. The second-order valence-corrected chi connectivity index (χ2v) is 10.1. The van der Waals surface area contributed by atoms with Crippen molar-refractivity contribution in [2.45, 2.75) is 45.1 Å². The number of anilines is 1. The summed E-state index contributed by atoms with van der Waals surface area (Å²) in [4.78, 5) is 13.0. The normalized spacial score (nSPS) is 12.1. The smallest absolute Gasteiger partial charge is 0.257 e. The molecule has 0 fully saturated rings. The van der Waals surface area contributed by atoms with Crippen LogP contribution in [-0.2, 0) is 10.0 Å². The molecule has 3 aromatic rings. The lowest BCUT2D eigenvalue weighted by Crippen LogP contribution is -2.40. The van der Waals surface area contributed by atoms with Crippen LogP contribution in [0.25, 0.3) is 5.69 Å². The molecule has 2 N–H and O–H groups in total. The number of aromatic nitrogens is 1. The van der Waals surface area contributed by atoms with Gasteiger partial charge in [-0.05, 0) is 83.1 Å². The van der Waals surface area contributed by atoms with Crippen molar-refractivity contribution >= 4 is 21.6 Å². The molecule has 0 saturated carbocycles. The number of aryl methyl sites for hydroxylation is 1. The lowest BCUT2D eigenvalue weighted by atomic mass is 10.1. The molecule has 0 aliphatic heterocycles. The Balaban J connectivity index is 1.88. The van der Waals surface area contributed by atoms with Gasteiger partial charge in [-0.15, -0.1) is 0 Å². The van der Waals surface area contributed by atoms with Gasteiger partial charge in [-0.1, -0.05) is 6.07 Å². The molecule has 0 aliphatic carbocycles. The fourth-order valence-corrected chi connectivity index (χ4v) is 4.85. The van der Waals surface area contributed by atoms with Gasteiger partial charge in [0.1, 0.15) is 5.82 Å². The zero-order valence-electron chi connectivity index (χ0n) is 18.2. The van der Waals surface area contributed by atoms with Crippen LogP contribution in [0.5, 0.6) is 0 Å². The molecule has 0 saturated heterocycles. The molecule has 31 heavy (non-hydrogen) atoms. The average molecular weight is 444 g/mol. The highest BCUT2D eigenvalue weighted by atomic mass is 32.2. The molecular weight excluding hydrogens is 417 g/mol. The van der Waals surface area contributed by atoms with E-state index in [0.717, 1.165) is 11.4 Å². The van der Waals surface area contributed by atoms with E-state index in [1.165, 1.54) is 24.3 Å². The van der Waals surface area contributed by atoms with Gasteiger partial charge in [0.25, 0.3) is 5.91 Å². The molecule has 1 heterocycles. The minimum atomic E-state index is -3.73. The van der Waals surface area contributed by atoms with Crippen molar-refractivity contribution in [1.29, 1.82) is 0 Å². The highest BCUT2D eigenvalue weighted by Crippen LogP contribution is 2.23.